The van der Waals surface area contributed by atoms with Gasteiger partial charge in [0, 0.05) is 17.1 Å². The molecule has 0 saturated heterocycles. The number of aryl methyl sites for hydroxylation is 1. The quantitative estimate of drug-likeness (QED) is 0.716. The maximum absolute atomic E-state index is 5.17. The minimum Gasteiger partial charge on any atom is -0.481 e. The zero-order valence-corrected chi connectivity index (χ0v) is 9.94. The van der Waals surface area contributed by atoms with E-state index in [0.29, 0.717) is 0 Å². The number of nitrogens with zero attached hydrogens (tertiary/aromatic N) is 2. The molecule has 1 aromatic heterocycles. The monoisotopic (exact) mass is 212 g/mol. The van der Waals surface area contributed by atoms with Gasteiger partial charge in [0.15, 0.2) is 0 Å². The number of aromatic nitrogens is 2. The number of hydrogen-bond acceptors (Lipinski definition) is 4. The van der Waals surface area contributed by atoms with Crippen molar-refractivity contribution in [1.29, 1.82) is 0 Å². The first kappa shape index (κ1) is 11.3. The number of methoxy groups -OCH3 is 1. The summed E-state index contributed by atoms with van der Waals surface area (Å²) in [5.41, 5.74) is 2.32. The maximum atomic E-state index is 5.17. The third-order valence-electron chi connectivity index (χ3n) is 1.85. The molecule has 0 bridgehead atoms. The minimum atomic E-state index is 0.752. The largest absolute Gasteiger partial charge is 0.481 e. The van der Waals surface area contributed by atoms with Crippen molar-refractivity contribution in [2.24, 2.45) is 0 Å². The standard InChI is InChI=1S/C8H10N2OS.C2H6/c1-5-9-7-4-12-3-6(7)8(10-5)11-2;1-2/h3-4H2,1-2H3;1-2H3. The second-order valence-corrected chi connectivity index (χ2v) is 3.68. The topological polar surface area (TPSA) is 35.0 Å². The Morgan fingerprint density at radius 2 is 1.93 bits per heavy atom. The van der Waals surface area contributed by atoms with Crippen LogP contribution in [0.25, 0.3) is 0 Å². The van der Waals surface area contributed by atoms with Crippen LogP contribution in [0.4, 0.5) is 0 Å². The molecule has 0 aromatic carbocycles. The summed E-state index contributed by atoms with van der Waals surface area (Å²) in [5, 5.41) is 0. The van der Waals surface area contributed by atoms with Gasteiger partial charge in [0.2, 0.25) is 5.88 Å². The summed E-state index contributed by atoms with van der Waals surface area (Å²) in [7, 11) is 1.66. The molecule has 0 aliphatic carbocycles. The molecule has 0 atom stereocenters. The molecule has 4 heteroatoms. The van der Waals surface area contributed by atoms with Crippen LogP contribution in [-0.2, 0) is 11.5 Å². The molecule has 1 aromatic rings. The van der Waals surface area contributed by atoms with Gasteiger partial charge in [-0.1, -0.05) is 13.8 Å². The van der Waals surface area contributed by atoms with Gasteiger partial charge in [-0.3, -0.25) is 0 Å². The van der Waals surface area contributed by atoms with Crippen molar-refractivity contribution in [3.63, 3.8) is 0 Å². The van der Waals surface area contributed by atoms with Crippen molar-refractivity contribution in [2.45, 2.75) is 32.3 Å². The fraction of sp³-hybridized carbons (Fsp3) is 0.600. The van der Waals surface area contributed by atoms with Gasteiger partial charge in [0.25, 0.3) is 0 Å². The van der Waals surface area contributed by atoms with Crippen LogP contribution in [0.2, 0.25) is 0 Å². The molecule has 2 rings (SSSR count). The molecule has 0 radical (unpaired) electrons. The highest BCUT2D eigenvalue weighted by molar-refractivity contribution is 7.98. The van der Waals surface area contributed by atoms with E-state index in [9.17, 15) is 0 Å². The zero-order valence-electron chi connectivity index (χ0n) is 9.13. The molecule has 2 heterocycles. The lowest BCUT2D eigenvalue weighted by Crippen LogP contribution is -2.00. The smallest absolute Gasteiger partial charge is 0.220 e. The normalized spacial score (nSPS) is 12.9. The summed E-state index contributed by atoms with van der Waals surface area (Å²) in [6, 6.07) is 0. The number of hydrogen-bond donors (Lipinski definition) is 0. The van der Waals surface area contributed by atoms with E-state index in [4.69, 9.17) is 4.74 Å². The second-order valence-electron chi connectivity index (χ2n) is 2.70. The molecule has 0 saturated carbocycles. The molecule has 0 fully saturated rings. The Hall–Kier alpha value is -0.770. The Kier molecular flexibility index (Phi) is 4.20. The van der Waals surface area contributed by atoms with E-state index in [1.165, 1.54) is 5.56 Å². The number of ether oxygens (including phenoxy) is 1. The molecule has 1 aliphatic rings. The highest BCUT2D eigenvalue weighted by Gasteiger charge is 2.18. The molecule has 0 N–H and O–H groups in total. The summed E-state index contributed by atoms with van der Waals surface area (Å²) in [6.45, 7) is 5.89. The first-order valence-electron chi connectivity index (χ1n) is 4.79. The van der Waals surface area contributed by atoms with Gasteiger partial charge in [-0.2, -0.15) is 16.7 Å². The van der Waals surface area contributed by atoms with Gasteiger partial charge in [-0.15, -0.1) is 0 Å². The Bertz CT molecular complexity index is 315. The molecular formula is C10H16N2OS. The van der Waals surface area contributed by atoms with E-state index < -0.39 is 0 Å². The van der Waals surface area contributed by atoms with Crippen LogP contribution in [-0.4, -0.2) is 17.1 Å². The lowest BCUT2D eigenvalue weighted by molar-refractivity contribution is 0.391. The SMILES string of the molecule is CC.COc1nc(C)nc2c1CSC2. The second kappa shape index (κ2) is 5.20. The third-order valence-corrected chi connectivity index (χ3v) is 2.82. The van der Waals surface area contributed by atoms with Gasteiger partial charge in [-0.25, -0.2) is 4.98 Å². The van der Waals surface area contributed by atoms with E-state index in [1.54, 1.807) is 7.11 Å². The van der Waals surface area contributed by atoms with Gasteiger partial charge in [-0.05, 0) is 6.92 Å². The molecule has 0 unspecified atom stereocenters. The first-order valence-corrected chi connectivity index (χ1v) is 5.95. The maximum Gasteiger partial charge on any atom is 0.220 e. The lowest BCUT2D eigenvalue weighted by Gasteiger charge is -2.04. The van der Waals surface area contributed by atoms with Crippen molar-refractivity contribution >= 4 is 11.8 Å². The summed E-state index contributed by atoms with van der Waals surface area (Å²) < 4.78 is 5.17. The average molecular weight is 212 g/mol. The number of thioether (sulfide) groups is 1. The van der Waals surface area contributed by atoms with Crippen LogP contribution in [0.1, 0.15) is 30.9 Å². The van der Waals surface area contributed by atoms with E-state index in [2.05, 4.69) is 9.97 Å². The van der Waals surface area contributed by atoms with Crippen LogP contribution in [0.5, 0.6) is 5.88 Å². The summed E-state index contributed by atoms with van der Waals surface area (Å²) >= 11 is 1.86. The fourth-order valence-electron chi connectivity index (χ4n) is 1.31. The predicted octanol–water partition coefficient (Wildman–Crippen LogP) is 2.57. The highest BCUT2D eigenvalue weighted by Crippen LogP contribution is 2.33. The Morgan fingerprint density at radius 3 is 2.57 bits per heavy atom. The van der Waals surface area contributed by atoms with Crippen molar-refractivity contribution < 1.29 is 4.74 Å². The van der Waals surface area contributed by atoms with Crippen molar-refractivity contribution in [3.8, 4) is 5.88 Å². The molecule has 14 heavy (non-hydrogen) atoms. The predicted molar refractivity (Wildman–Crippen MR) is 59.7 cm³/mol. The van der Waals surface area contributed by atoms with Gasteiger partial charge < -0.3 is 4.74 Å². The Labute approximate surface area is 89.3 Å². The lowest BCUT2D eigenvalue weighted by atomic mass is 10.2. The summed E-state index contributed by atoms with van der Waals surface area (Å²) in [5.74, 6) is 3.53. The Balaban J connectivity index is 0.000000461. The summed E-state index contributed by atoms with van der Waals surface area (Å²) in [6.07, 6.45) is 0. The third kappa shape index (κ3) is 2.18. The van der Waals surface area contributed by atoms with Gasteiger partial charge >= 0.3 is 0 Å². The summed E-state index contributed by atoms with van der Waals surface area (Å²) in [4.78, 5) is 8.57. The van der Waals surface area contributed by atoms with Gasteiger partial charge in [0.1, 0.15) is 5.82 Å². The Morgan fingerprint density at radius 1 is 1.21 bits per heavy atom. The molecular weight excluding hydrogens is 196 g/mol. The highest BCUT2D eigenvalue weighted by atomic mass is 32.2. The molecule has 3 nitrogen and oxygen atoms in total. The first-order chi connectivity index (χ1) is 6.81. The van der Waals surface area contributed by atoms with Crippen LogP contribution in [0.15, 0.2) is 0 Å². The molecule has 78 valence electrons. The van der Waals surface area contributed by atoms with Gasteiger partial charge in [0.05, 0.1) is 12.8 Å². The van der Waals surface area contributed by atoms with Crippen molar-refractivity contribution in [3.05, 3.63) is 17.1 Å². The van der Waals surface area contributed by atoms with Crippen LogP contribution in [0, 0.1) is 6.92 Å². The molecule has 0 spiro atoms. The van der Waals surface area contributed by atoms with E-state index in [0.717, 1.165) is 28.9 Å². The minimum absolute atomic E-state index is 0.752. The van der Waals surface area contributed by atoms with Crippen molar-refractivity contribution in [1.82, 2.24) is 9.97 Å². The van der Waals surface area contributed by atoms with E-state index >= 15 is 0 Å². The number of fused-ring (bicyclic) bond motifs is 1. The van der Waals surface area contributed by atoms with Crippen molar-refractivity contribution in [2.75, 3.05) is 7.11 Å². The molecule has 1 aliphatic heterocycles. The number of rotatable bonds is 1. The fourth-order valence-corrected chi connectivity index (χ4v) is 2.34. The van der Waals surface area contributed by atoms with Crippen LogP contribution < -0.4 is 4.74 Å². The molecule has 0 amide bonds. The zero-order chi connectivity index (χ0) is 10.6. The van der Waals surface area contributed by atoms with E-state index in [-0.39, 0.29) is 0 Å². The average Bonchev–Trinajstić information content (AvgIpc) is 2.67. The van der Waals surface area contributed by atoms with Crippen LogP contribution >= 0.6 is 11.8 Å². The van der Waals surface area contributed by atoms with Crippen LogP contribution in [0.3, 0.4) is 0 Å². The van der Waals surface area contributed by atoms with E-state index in [1.807, 2.05) is 32.5 Å².